The van der Waals surface area contributed by atoms with E-state index in [-0.39, 0.29) is 5.69 Å². The van der Waals surface area contributed by atoms with Crippen LogP contribution in [0.15, 0.2) is 18.3 Å². The van der Waals surface area contributed by atoms with Crippen molar-refractivity contribution >= 4 is 5.95 Å². The van der Waals surface area contributed by atoms with E-state index in [0.29, 0.717) is 23.8 Å². The zero-order valence-electron chi connectivity index (χ0n) is 12.1. The summed E-state index contributed by atoms with van der Waals surface area (Å²) in [6.45, 7) is 6.50. The van der Waals surface area contributed by atoms with E-state index in [0.717, 1.165) is 11.1 Å². The molecule has 20 heavy (non-hydrogen) atoms. The lowest BCUT2D eigenvalue weighted by Crippen LogP contribution is -2.05. The molecule has 0 aliphatic heterocycles. The number of aryl methyl sites for hydroxylation is 2. The van der Waals surface area contributed by atoms with Gasteiger partial charge in [-0.2, -0.15) is 0 Å². The molecule has 1 aromatic carbocycles. The topological polar surface area (TPSA) is 47.0 Å². The number of halogens is 1. The molecular weight excluding hydrogens is 257 g/mol. The number of rotatable bonds is 4. The highest BCUT2D eigenvalue weighted by Crippen LogP contribution is 2.34. The molecule has 0 saturated heterocycles. The quantitative estimate of drug-likeness (QED) is 0.929. The molecule has 0 amide bonds. The second kappa shape index (κ2) is 5.86. The number of anilines is 1. The molecule has 0 radical (unpaired) electrons. The largest absolute Gasteiger partial charge is 0.496 e. The fourth-order valence-electron chi connectivity index (χ4n) is 2.18. The number of aromatic nitrogens is 2. The molecular formula is C15H18FN3O. The van der Waals surface area contributed by atoms with Crippen molar-refractivity contribution in [2.45, 2.75) is 20.8 Å². The molecule has 0 unspecified atom stereocenters. The van der Waals surface area contributed by atoms with Gasteiger partial charge in [-0.15, -0.1) is 0 Å². The third-order valence-corrected chi connectivity index (χ3v) is 2.98. The van der Waals surface area contributed by atoms with E-state index >= 15 is 0 Å². The zero-order chi connectivity index (χ0) is 14.7. The van der Waals surface area contributed by atoms with Crippen LogP contribution in [0, 0.1) is 19.7 Å². The summed E-state index contributed by atoms with van der Waals surface area (Å²) in [4.78, 5) is 8.17. The summed E-state index contributed by atoms with van der Waals surface area (Å²) >= 11 is 0. The fourth-order valence-corrected chi connectivity index (χ4v) is 2.18. The smallest absolute Gasteiger partial charge is 0.223 e. The Hall–Kier alpha value is -2.17. The highest BCUT2D eigenvalue weighted by molar-refractivity contribution is 5.72. The van der Waals surface area contributed by atoms with Crippen LogP contribution in [0.1, 0.15) is 18.1 Å². The summed E-state index contributed by atoms with van der Waals surface area (Å²) in [6, 6.07) is 3.85. The molecule has 0 fully saturated rings. The molecule has 4 nitrogen and oxygen atoms in total. The van der Waals surface area contributed by atoms with Gasteiger partial charge in [0.1, 0.15) is 11.4 Å². The Morgan fingerprint density at radius 3 is 2.70 bits per heavy atom. The van der Waals surface area contributed by atoms with Gasteiger partial charge in [-0.05, 0) is 38.0 Å². The van der Waals surface area contributed by atoms with Gasteiger partial charge in [0, 0.05) is 12.1 Å². The summed E-state index contributed by atoms with van der Waals surface area (Å²) in [5.74, 6) is 0.561. The lowest BCUT2D eigenvalue weighted by Gasteiger charge is -2.14. The summed E-state index contributed by atoms with van der Waals surface area (Å²) in [5, 5.41) is 2.98. The Morgan fingerprint density at radius 1 is 1.30 bits per heavy atom. The normalized spacial score (nSPS) is 10.4. The van der Waals surface area contributed by atoms with Gasteiger partial charge >= 0.3 is 0 Å². The second-order valence-corrected chi connectivity index (χ2v) is 4.58. The van der Waals surface area contributed by atoms with Crippen LogP contribution in [0.3, 0.4) is 0 Å². The average molecular weight is 275 g/mol. The van der Waals surface area contributed by atoms with Gasteiger partial charge < -0.3 is 10.1 Å². The molecule has 1 aromatic heterocycles. The minimum absolute atomic E-state index is 0.255. The molecule has 2 rings (SSSR count). The van der Waals surface area contributed by atoms with Gasteiger partial charge in [0.25, 0.3) is 0 Å². The number of hydrogen-bond acceptors (Lipinski definition) is 4. The van der Waals surface area contributed by atoms with Crippen molar-refractivity contribution in [1.29, 1.82) is 0 Å². The molecule has 0 spiro atoms. The monoisotopic (exact) mass is 275 g/mol. The lowest BCUT2D eigenvalue weighted by atomic mass is 10.0. The highest BCUT2D eigenvalue weighted by atomic mass is 19.1. The third-order valence-electron chi connectivity index (χ3n) is 2.98. The third kappa shape index (κ3) is 2.71. The Kier molecular flexibility index (Phi) is 4.17. The summed E-state index contributed by atoms with van der Waals surface area (Å²) < 4.78 is 19.5. The number of nitrogens with one attached hydrogen (secondary N) is 1. The van der Waals surface area contributed by atoms with Crippen molar-refractivity contribution in [2.75, 3.05) is 19.0 Å². The first-order valence-corrected chi connectivity index (χ1v) is 6.48. The number of nitrogens with zero attached hydrogens (tertiary/aromatic N) is 2. The second-order valence-electron chi connectivity index (χ2n) is 4.58. The first-order valence-electron chi connectivity index (χ1n) is 6.48. The summed E-state index contributed by atoms with van der Waals surface area (Å²) in [5.41, 5.74) is 2.90. The molecule has 0 bridgehead atoms. The van der Waals surface area contributed by atoms with Crippen LogP contribution in [0.2, 0.25) is 0 Å². The lowest BCUT2D eigenvalue weighted by molar-refractivity contribution is 0.415. The van der Waals surface area contributed by atoms with E-state index in [1.54, 1.807) is 7.11 Å². The SMILES string of the molecule is CCNc1ncc(F)c(-c2c(C)cc(C)cc2OC)n1. The van der Waals surface area contributed by atoms with Crippen molar-refractivity contribution in [3.05, 3.63) is 35.3 Å². The molecule has 106 valence electrons. The Balaban J connectivity index is 2.64. The molecule has 2 aromatic rings. The van der Waals surface area contributed by atoms with Crippen LogP contribution in [-0.4, -0.2) is 23.6 Å². The predicted molar refractivity (Wildman–Crippen MR) is 77.6 cm³/mol. The van der Waals surface area contributed by atoms with Crippen LogP contribution in [0.4, 0.5) is 10.3 Å². The van der Waals surface area contributed by atoms with E-state index < -0.39 is 5.82 Å². The molecule has 0 aliphatic carbocycles. The van der Waals surface area contributed by atoms with E-state index in [1.807, 2.05) is 32.9 Å². The van der Waals surface area contributed by atoms with E-state index in [1.165, 1.54) is 6.20 Å². The first-order chi connectivity index (χ1) is 9.56. The van der Waals surface area contributed by atoms with Crippen molar-refractivity contribution in [3.63, 3.8) is 0 Å². The Morgan fingerprint density at radius 2 is 2.05 bits per heavy atom. The van der Waals surface area contributed by atoms with Crippen LogP contribution in [0.5, 0.6) is 5.75 Å². The van der Waals surface area contributed by atoms with Crippen LogP contribution >= 0.6 is 0 Å². The van der Waals surface area contributed by atoms with Crippen molar-refractivity contribution in [2.24, 2.45) is 0 Å². The number of hydrogen-bond donors (Lipinski definition) is 1. The Bertz CT molecular complexity index is 629. The van der Waals surface area contributed by atoms with Gasteiger partial charge in [-0.3, -0.25) is 0 Å². The van der Waals surface area contributed by atoms with Gasteiger partial charge in [-0.1, -0.05) is 6.07 Å². The van der Waals surface area contributed by atoms with E-state index in [9.17, 15) is 4.39 Å². The molecule has 0 aliphatic rings. The number of ether oxygens (including phenoxy) is 1. The van der Waals surface area contributed by atoms with Crippen molar-refractivity contribution < 1.29 is 9.13 Å². The van der Waals surface area contributed by atoms with Gasteiger partial charge in [-0.25, -0.2) is 14.4 Å². The zero-order valence-corrected chi connectivity index (χ0v) is 12.1. The average Bonchev–Trinajstić information content (AvgIpc) is 2.41. The molecule has 5 heteroatoms. The standard InChI is InChI=1S/C15H18FN3O/c1-5-17-15-18-8-11(16)14(19-15)13-10(3)6-9(2)7-12(13)20-4/h6-8H,5H2,1-4H3,(H,17,18,19). The fraction of sp³-hybridized carbons (Fsp3) is 0.333. The van der Waals surface area contributed by atoms with Gasteiger partial charge in [0.15, 0.2) is 5.82 Å². The summed E-state index contributed by atoms with van der Waals surface area (Å²) in [6.07, 6.45) is 1.18. The minimum Gasteiger partial charge on any atom is -0.496 e. The van der Waals surface area contributed by atoms with Crippen LogP contribution in [-0.2, 0) is 0 Å². The minimum atomic E-state index is -0.461. The van der Waals surface area contributed by atoms with Crippen LogP contribution in [0.25, 0.3) is 11.3 Å². The van der Waals surface area contributed by atoms with Crippen LogP contribution < -0.4 is 10.1 Å². The molecule has 0 atom stereocenters. The predicted octanol–water partition coefficient (Wildman–Crippen LogP) is 3.34. The molecule has 1 heterocycles. The van der Waals surface area contributed by atoms with E-state index in [2.05, 4.69) is 15.3 Å². The molecule has 1 N–H and O–H groups in total. The maximum atomic E-state index is 14.1. The van der Waals surface area contributed by atoms with Gasteiger partial charge in [0.05, 0.1) is 13.3 Å². The van der Waals surface area contributed by atoms with Crippen molar-refractivity contribution in [3.8, 4) is 17.0 Å². The van der Waals surface area contributed by atoms with Crippen molar-refractivity contribution in [1.82, 2.24) is 9.97 Å². The highest BCUT2D eigenvalue weighted by Gasteiger charge is 2.17. The van der Waals surface area contributed by atoms with E-state index in [4.69, 9.17) is 4.74 Å². The maximum Gasteiger partial charge on any atom is 0.223 e. The number of methoxy groups -OCH3 is 1. The van der Waals surface area contributed by atoms with Gasteiger partial charge in [0.2, 0.25) is 5.95 Å². The summed E-state index contributed by atoms with van der Waals surface area (Å²) in [7, 11) is 1.57. The molecule has 0 saturated carbocycles. The first kappa shape index (κ1) is 14.2. The maximum absolute atomic E-state index is 14.1. The Labute approximate surface area is 118 Å². The number of benzene rings is 1.